The van der Waals surface area contributed by atoms with Crippen LogP contribution in [-0.4, -0.2) is 65.9 Å². The lowest BCUT2D eigenvalue weighted by Crippen LogP contribution is -2.47. The van der Waals surface area contributed by atoms with Crippen LogP contribution in [-0.2, 0) is 35.0 Å². The van der Waals surface area contributed by atoms with Crippen LogP contribution in [0.25, 0.3) is 0 Å². The van der Waals surface area contributed by atoms with Gasteiger partial charge >= 0.3 is 17.9 Å². The van der Waals surface area contributed by atoms with Crippen LogP contribution in [0.2, 0.25) is 0 Å². The van der Waals surface area contributed by atoms with Gasteiger partial charge in [-0.05, 0) is 31.7 Å². The van der Waals surface area contributed by atoms with E-state index in [4.69, 9.17) is 18.9 Å². The summed E-state index contributed by atoms with van der Waals surface area (Å²) < 4.78 is 22.0. The van der Waals surface area contributed by atoms with E-state index in [0.717, 1.165) is 24.8 Å². The van der Waals surface area contributed by atoms with E-state index in [-0.39, 0.29) is 23.8 Å². The van der Waals surface area contributed by atoms with Crippen molar-refractivity contribution in [1.82, 2.24) is 10.3 Å². The van der Waals surface area contributed by atoms with Gasteiger partial charge in [0, 0.05) is 12.3 Å². The maximum Gasteiger partial charge on any atom is 0.332 e. The van der Waals surface area contributed by atoms with Gasteiger partial charge in [-0.25, -0.2) is 9.78 Å². The zero-order chi connectivity index (χ0) is 28.6. The molecule has 40 heavy (non-hydrogen) atoms. The first-order valence-electron chi connectivity index (χ1n) is 13.4. The molecule has 0 unspecified atom stereocenters. The number of carbonyl (C=O) groups is 4. The van der Waals surface area contributed by atoms with Crippen molar-refractivity contribution in [3.8, 4) is 11.5 Å². The highest BCUT2D eigenvalue weighted by atomic mass is 16.6. The van der Waals surface area contributed by atoms with E-state index in [2.05, 4.69) is 10.3 Å². The van der Waals surface area contributed by atoms with Crippen molar-refractivity contribution in [2.75, 3.05) is 13.7 Å². The third-order valence-corrected chi connectivity index (χ3v) is 7.26. The average Bonchev–Trinajstić information content (AvgIpc) is 3.00. The van der Waals surface area contributed by atoms with E-state index in [0.29, 0.717) is 12.8 Å². The van der Waals surface area contributed by atoms with Crippen molar-refractivity contribution in [3.63, 3.8) is 0 Å². The summed E-state index contributed by atoms with van der Waals surface area (Å²) >= 11 is 0. The fraction of sp³-hybridized carbons (Fsp3) is 0.483. The molecule has 0 bridgehead atoms. The number of esters is 3. The van der Waals surface area contributed by atoms with Crippen molar-refractivity contribution in [2.45, 2.75) is 63.7 Å². The van der Waals surface area contributed by atoms with Gasteiger partial charge in [-0.2, -0.15) is 0 Å². The molecule has 2 aliphatic rings. The molecule has 2 N–H and O–H groups in total. The molecule has 1 aliphatic heterocycles. The molecule has 1 saturated heterocycles. The molecule has 0 radical (unpaired) electrons. The normalized spacial score (nSPS) is 23.9. The third-order valence-electron chi connectivity index (χ3n) is 7.26. The van der Waals surface area contributed by atoms with Gasteiger partial charge in [0.2, 0.25) is 0 Å². The van der Waals surface area contributed by atoms with Gasteiger partial charge in [0.15, 0.2) is 29.3 Å². The van der Waals surface area contributed by atoms with E-state index < -0.39 is 60.3 Å². The number of methoxy groups -OCH3 is 1. The molecule has 1 aromatic heterocycles. The van der Waals surface area contributed by atoms with Crippen LogP contribution in [0, 0.1) is 11.8 Å². The van der Waals surface area contributed by atoms with Gasteiger partial charge in [-0.1, -0.05) is 49.6 Å². The summed E-state index contributed by atoms with van der Waals surface area (Å²) in [4.78, 5) is 56.4. The molecular formula is C29H34N2O9. The Morgan fingerprint density at radius 1 is 1.07 bits per heavy atom. The Balaban J connectivity index is 1.57. The number of nitrogens with one attached hydrogen (secondary N) is 1. The van der Waals surface area contributed by atoms with E-state index in [1.54, 1.807) is 6.92 Å². The van der Waals surface area contributed by atoms with Crippen molar-refractivity contribution < 1.29 is 43.2 Å². The second-order valence-corrected chi connectivity index (χ2v) is 10.0. The van der Waals surface area contributed by atoms with Crippen LogP contribution in [0.3, 0.4) is 0 Å². The van der Waals surface area contributed by atoms with E-state index in [1.807, 2.05) is 30.3 Å². The van der Waals surface area contributed by atoms with Gasteiger partial charge in [-0.3, -0.25) is 14.4 Å². The van der Waals surface area contributed by atoms with Crippen molar-refractivity contribution in [1.29, 1.82) is 0 Å². The quantitative estimate of drug-likeness (QED) is 0.386. The molecule has 1 saturated carbocycles. The SMILES string of the molecule is COc1ccnc(C(=O)N[C@H]2COC(=O)[C@H](Cc3ccccc3)[C@@H](OC(=O)C3CCCCC3)[C@H](C)OC2=O)c1O. The average molecular weight is 555 g/mol. The summed E-state index contributed by atoms with van der Waals surface area (Å²) in [6.45, 7) is 1.01. The predicted molar refractivity (Wildman–Crippen MR) is 140 cm³/mol. The second-order valence-electron chi connectivity index (χ2n) is 10.0. The number of amides is 1. The molecular weight excluding hydrogens is 520 g/mol. The van der Waals surface area contributed by atoms with Crippen molar-refractivity contribution >= 4 is 23.8 Å². The van der Waals surface area contributed by atoms with Crippen LogP contribution in [0.15, 0.2) is 42.6 Å². The van der Waals surface area contributed by atoms with Crippen LogP contribution in [0.1, 0.15) is 55.1 Å². The topological polar surface area (TPSA) is 150 Å². The van der Waals surface area contributed by atoms with Gasteiger partial charge in [0.1, 0.15) is 18.6 Å². The maximum atomic E-state index is 13.4. The molecule has 214 valence electrons. The number of cyclic esters (lactones) is 2. The largest absolute Gasteiger partial charge is 0.503 e. The van der Waals surface area contributed by atoms with Crippen LogP contribution < -0.4 is 10.1 Å². The van der Waals surface area contributed by atoms with E-state index in [1.165, 1.54) is 19.4 Å². The summed E-state index contributed by atoms with van der Waals surface area (Å²) in [6, 6.07) is 9.15. The molecule has 1 aromatic carbocycles. The Morgan fingerprint density at radius 3 is 2.50 bits per heavy atom. The highest BCUT2D eigenvalue weighted by Gasteiger charge is 2.43. The van der Waals surface area contributed by atoms with Gasteiger partial charge in [0.25, 0.3) is 5.91 Å². The maximum absolute atomic E-state index is 13.4. The number of rotatable bonds is 7. The fourth-order valence-electron chi connectivity index (χ4n) is 5.04. The minimum atomic E-state index is -1.41. The highest BCUT2D eigenvalue weighted by molar-refractivity contribution is 5.98. The summed E-state index contributed by atoms with van der Waals surface area (Å²) in [7, 11) is 1.32. The lowest BCUT2D eigenvalue weighted by atomic mass is 9.88. The standard InChI is InChI=1S/C29H34N2O9/c1-17-25(40-27(34)19-11-7-4-8-12-19)20(15-18-9-5-3-6-10-18)28(35)38-16-21(29(36)39-17)31-26(33)23-24(32)22(37-2)13-14-30-23/h3,5-6,9-10,13-14,17,19-21,25,32H,4,7-8,11-12,15-16H2,1-2H3,(H,31,33)/t17-,20+,21-,25-/m0/s1. The van der Waals surface area contributed by atoms with Crippen LogP contribution >= 0.6 is 0 Å². The first-order chi connectivity index (χ1) is 19.3. The lowest BCUT2D eigenvalue weighted by Gasteiger charge is -2.31. The number of hydrogen-bond donors (Lipinski definition) is 2. The molecule has 4 atom stereocenters. The number of nitrogens with zero attached hydrogens (tertiary/aromatic N) is 1. The van der Waals surface area contributed by atoms with Gasteiger partial charge in [-0.15, -0.1) is 0 Å². The fourth-order valence-corrected chi connectivity index (χ4v) is 5.04. The first-order valence-corrected chi connectivity index (χ1v) is 13.4. The molecule has 4 rings (SSSR count). The smallest absolute Gasteiger partial charge is 0.332 e. The Bertz CT molecular complexity index is 1210. The first kappa shape index (κ1) is 28.8. The zero-order valence-corrected chi connectivity index (χ0v) is 22.5. The Morgan fingerprint density at radius 2 is 1.80 bits per heavy atom. The summed E-state index contributed by atoms with van der Waals surface area (Å²) in [6.07, 6.45) is 3.61. The van der Waals surface area contributed by atoms with Gasteiger partial charge < -0.3 is 29.4 Å². The minimum absolute atomic E-state index is 0.0172. The molecule has 2 aromatic rings. The minimum Gasteiger partial charge on any atom is -0.503 e. The zero-order valence-electron chi connectivity index (χ0n) is 22.5. The number of carbonyl (C=O) groups excluding carboxylic acids is 4. The molecule has 2 fully saturated rings. The molecule has 1 amide bonds. The Kier molecular flexibility index (Phi) is 9.57. The van der Waals surface area contributed by atoms with Crippen LogP contribution in [0.5, 0.6) is 11.5 Å². The Labute approximate surface area is 232 Å². The number of ether oxygens (including phenoxy) is 4. The number of pyridine rings is 1. The molecule has 1 aliphatic carbocycles. The molecule has 11 heteroatoms. The van der Waals surface area contributed by atoms with E-state index >= 15 is 0 Å². The number of aromatic nitrogens is 1. The monoisotopic (exact) mass is 554 g/mol. The van der Waals surface area contributed by atoms with Crippen LogP contribution in [0.4, 0.5) is 0 Å². The van der Waals surface area contributed by atoms with Gasteiger partial charge in [0.05, 0.1) is 13.0 Å². The summed E-state index contributed by atoms with van der Waals surface area (Å²) in [5.74, 6) is -4.66. The summed E-state index contributed by atoms with van der Waals surface area (Å²) in [5.41, 5.74) is 0.429. The number of aromatic hydroxyl groups is 1. The summed E-state index contributed by atoms with van der Waals surface area (Å²) in [5, 5.41) is 12.7. The molecule has 0 spiro atoms. The van der Waals surface area contributed by atoms with Crippen molar-refractivity contribution in [3.05, 3.63) is 53.9 Å². The highest BCUT2D eigenvalue weighted by Crippen LogP contribution is 2.30. The second kappa shape index (κ2) is 13.3. The van der Waals surface area contributed by atoms with Crippen molar-refractivity contribution in [2.24, 2.45) is 11.8 Å². The lowest BCUT2D eigenvalue weighted by molar-refractivity contribution is -0.177. The Hall–Kier alpha value is -4.15. The predicted octanol–water partition coefficient (Wildman–Crippen LogP) is 2.73. The van der Waals surface area contributed by atoms with E-state index in [9.17, 15) is 24.3 Å². The third kappa shape index (κ3) is 6.88. The molecule has 2 heterocycles. The number of hydrogen-bond acceptors (Lipinski definition) is 10. The molecule has 11 nitrogen and oxygen atoms in total. The number of benzene rings is 1.